The van der Waals surface area contributed by atoms with Crippen LogP contribution in [0.4, 0.5) is 0 Å². The number of nitrogens with zero attached hydrogens (tertiary/aromatic N) is 2. The molecule has 20 heavy (non-hydrogen) atoms. The summed E-state index contributed by atoms with van der Waals surface area (Å²) in [6.07, 6.45) is 4.38. The van der Waals surface area contributed by atoms with Crippen molar-refractivity contribution in [3.8, 4) is 0 Å². The monoisotopic (exact) mass is 271 g/mol. The number of rotatable bonds is 5. The van der Waals surface area contributed by atoms with Crippen LogP contribution in [-0.4, -0.2) is 22.0 Å². The Morgan fingerprint density at radius 2 is 2.00 bits per heavy atom. The lowest BCUT2D eigenvalue weighted by atomic mass is 9.84. The topological polar surface area (TPSA) is 46.9 Å². The quantitative estimate of drug-likeness (QED) is 0.904. The average molecular weight is 271 g/mol. The number of nitrogens with one attached hydrogen (secondary N) is 1. The SMILES string of the molecule is Cn1cncc1CCNC(=O)C(C)(C)c1ccccc1. The predicted octanol–water partition coefficient (Wildman–Crippen LogP) is 2.06. The molecule has 2 aromatic rings. The van der Waals surface area contributed by atoms with E-state index >= 15 is 0 Å². The van der Waals surface area contributed by atoms with Gasteiger partial charge in [-0.25, -0.2) is 4.98 Å². The Morgan fingerprint density at radius 1 is 1.30 bits per heavy atom. The summed E-state index contributed by atoms with van der Waals surface area (Å²) in [5, 5.41) is 3.01. The van der Waals surface area contributed by atoms with Crippen LogP contribution in [0.2, 0.25) is 0 Å². The van der Waals surface area contributed by atoms with E-state index in [0.717, 1.165) is 17.7 Å². The van der Waals surface area contributed by atoms with Crippen molar-refractivity contribution < 1.29 is 4.79 Å². The lowest BCUT2D eigenvalue weighted by Gasteiger charge is -2.24. The second kappa shape index (κ2) is 5.90. The van der Waals surface area contributed by atoms with Gasteiger partial charge in [0.05, 0.1) is 11.7 Å². The Hall–Kier alpha value is -2.10. The van der Waals surface area contributed by atoms with E-state index in [-0.39, 0.29) is 5.91 Å². The van der Waals surface area contributed by atoms with Crippen molar-refractivity contribution in [3.63, 3.8) is 0 Å². The molecule has 4 heteroatoms. The fraction of sp³-hybridized carbons (Fsp3) is 0.375. The van der Waals surface area contributed by atoms with Gasteiger partial charge >= 0.3 is 0 Å². The molecule has 1 aromatic heterocycles. The number of amides is 1. The third kappa shape index (κ3) is 3.07. The van der Waals surface area contributed by atoms with Crippen molar-refractivity contribution in [2.24, 2.45) is 7.05 Å². The fourth-order valence-corrected chi connectivity index (χ4v) is 2.14. The highest BCUT2D eigenvalue weighted by Crippen LogP contribution is 2.22. The number of carbonyl (C=O) groups excluding carboxylic acids is 1. The van der Waals surface area contributed by atoms with Gasteiger partial charge in [0.15, 0.2) is 0 Å². The van der Waals surface area contributed by atoms with Crippen LogP contribution in [0.1, 0.15) is 25.1 Å². The molecular formula is C16H21N3O. The lowest BCUT2D eigenvalue weighted by Crippen LogP contribution is -2.41. The van der Waals surface area contributed by atoms with Gasteiger partial charge < -0.3 is 9.88 Å². The van der Waals surface area contributed by atoms with Gasteiger partial charge in [-0.05, 0) is 19.4 Å². The van der Waals surface area contributed by atoms with Gasteiger partial charge in [-0.1, -0.05) is 30.3 Å². The molecule has 0 unspecified atom stereocenters. The van der Waals surface area contributed by atoms with Crippen LogP contribution in [-0.2, 0) is 23.7 Å². The first-order valence-electron chi connectivity index (χ1n) is 6.81. The molecule has 1 N–H and O–H groups in total. The maximum Gasteiger partial charge on any atom is 0.230 e. The van der Waals surface area contributed by atoms with Crippen LogP contribution in [0, 0.1) is 0 Å². The Morgan fingerprint density at radius 3 is 2.60 bits per heavy atom. The number of aromatic nitrogens is 2. The molecule has 1 heterocycles. The number of hydrogen-bond acceptors (Lipinski definition) is 2. The van der Waals surface area contributed by atoms with E-state index in [1.165, 1.54) is 0 Å². The second-order valence-corrected chi connectivity index (χ2v) is 5.49. The number of aryl methyl sites for hydroxylation is 1. The molecule has 0 saturated heterocycles. The van der Waals surface area contributed by atoms with Gasteiger partial charge in [0, 0.05) is 31.9 Å². The summed E-state index contributed by atoms with van der Waals surface area (Å²) < 4.78 is 1.97. The summed E-state index contributed by atoms with van der Waals surface area (Å²) in [6.45, 7) is 4.51. The first-order chi connectivity index (χ1) is 9.51. The third-order valence-corrected chi connectivity index (χ3v) is 3.65. The molecule has 0 saturated carbocycles. The molecule has 0 radical (unpaired) electrons. The van der Waals surface area contributed by atoms with Crippen molar-refractivity contribution >= 4 is 5.91 Å². The number of benzene rings is 1. The van der Waals surface area contributed by atoms with Gasteiger partial charge in [-0.2, -0.15) is 0 Å². The molecule has 0 aliphatic heterocycles. The fourth-order valence-electron chi connectivity index (χ4n) is 2.14. The van der Waals surface area contributed by atoms with Crippen molar-refractivity contribution in [3.05, 3.63) is 54.1 Å². The standard InChI is InChI=1S/C16H21N3O/c1-16(2,13-7-5-4-6-8-13)15(20)18-10-9-14-11-17-12-19(14)3/h4-8,11-12H,9-10H2,1-3H3,(H,18,20). The molecule has 0 aliphatic carbocycles. The van der Waals surface area contributed by atoms with Crippen LogP contribution in [0.3, 0.4) is 0 Å². The van der Waals surface area contributed by atoms with E-state index in [9.17, 15) is 4.79 Å². The highest BCUT2D eigenvalue weighted by molar-refractivity contribution is 5.87. The minimum Gasteiger partial charge on any atom is -0.355 e. The summed E-state index contributed by atoms with van der Waals surface area (Å²) in [6, 6.07) is 9.85. The molecule has 4 nitrogen and oxygen atoms in total. The molecule has 106 valence electrons. The normalized spacial score (nSPS) is 11.3. The first-order valence-corrected chi connectivity index (χ1v) is 6.81. The average Bonchev–Trinajstić information content (AvgIpc) is 2.85. The summed E-state index contributed by atoms with van der Waals surface area (Å²) >= 11 is 0. The number of carbonyl (C=O) groups is 1. The Labute approximate surface area is 119 Å². The van der Waals surface area contributed by atoms with Crippen LogP contribution in [0.25, 0.3) is 0 Å². The molecule has 2 rings (SSSR count). The maximum atomic E-state index is 12.3. The van der Waals surface area contributed by atoms with Gasteiger partial charge in [-0.15, -0.1) is 0 Å². The van der Waals surface area contributed by atoms with Gasteiger partial charge in [0.1, 0.15) is 0 Å². The van der Waals surface area contributed by atoms with E-state index < -0.39 is 5.41 Å². The Balaban J connectivity index is 1.93. The molecule has 0 spiro atoms. The molecular weight excluding hydrogens is 250 g/mol. The van der Waals surface area contributed by atoms with Crippen molar-refractivity contribution in [1.29, 1.82) is 0 Å². The zero-order chi connectivity index (χ0) is 14.6. The van der Waals surface area contributed by atoms with Crippen molar-refractivity contribution in [1.82, 2.24) is 14.9 Å². The van der Waals surface area contributed by atoms with E-state index in [4.69, 9.17) is 0 Å². The molecule has 1 aromatic carbocycles. The maximum absolute atomic E-state index is 12.3. The van der Waals surface area contributed by atoms with Crippen molar-refractivity contribution in [2.45, 2.75) is 25.7 Å². The first kappa shape index (κ1) is 14.3. The third-order valence-electron chi connectivity index (χ3n) is 3.65. The lowest BCUT2D eigenvalue weighted by molar-refractivity contribution is -0.125. The van der Waals surface area contributed by atoms with Crippen LogP contribution in [0.15, 0.2) is 42.9 Å². The van der Waals surface area contributed by atoms with E-state index in [1.807, 2.05) is 62.0 Å². The summed E-state index contributed by atoms with van der Waals surface area (Å²) in [7, 11) is 1.96. The zero-order valence-electron chi connectivity index (χ0n) is 12.3. The Bertz CT molecular complexity index is 572. The van der Waals surface area contributed by atoms with Crippen LogP contribution >= 0.6 is 0 Å². The van der Waals surface area contributed by atoms with Gasteiger partial charge in [0.25, 0.3) is 0 Å². The molecule has 0 atom stereocenters. The van der Waals surface area contributed by atoms with Gasteiger partial charge in [-0.3, -0.25) is 4.79 Å². The van der Waals surface area contributed by atoms with Crippen LogP contribution < -0.4 is 5.32 Å². The van der Waals surface area contributed by atoms with E-state index in [0.29, 0.717) is 6.54 Å². The largest absolute Gasteiger partial charge is 0.355 e. The molecule has 0 bridgehead atoms. The molecule has 1 amide bonds. The van der Waals surface area contributed by atoms with E-state index in [2.05, 4.69) is 10.3 Å². The smallest absolute Gasteiger partial charge is 0.230 e. The predicted molar refractivity (Wildman–Crippen MR) is 79.4 cm³/mol. The van der Waals surface area contributed by atoms with Gasteiger partial charge in [0.2, 0.25) is 5.91 Å². The number of hydrogen-bond donors (Lipinski definition) is 1. The Kier molecular flexibility index (Phi) is 4.23. The minimum atomic E-state index is -0.520. The zero-order valence-corrected chi connectivity index (χ0v) is 12.3. The van der Waals surface area contributed by atoms with Crippen molar-refractivity contribution in [2.75, 3.05) is 6.54 Å². The summed E-state index contributed by atoms with van der Waals surface area (Å²) in [4.78, 5) is 16.4. The van der Waals surface area contributed by atoms with Crippen LogP contribution in [0.5, 0.6) is 0 Å². The molecule has 0 fully saturated rings. The highest BCUT2D eigenvalue weighted by atomic mass is 16.2. The second-order valence-electron chi connectivity index (χ2n) is 5.49. The summed E-state index contributed by atoms with van der Waals surface area (Å²) in [5.41, 5.74) is 1.62. The minimum absolute atomic E-state index is 0.0471. The summed E-state index contributed by atoms with van der Waals surface area (Å²) in [5.74, 6) is 0.0471. The number of imidazole rings is 1. The van der Waals surface area contributed by atoms with E-state index in [1.54, 1.807) is 6.33 Å². The highest BCUT2D eigenvalue weighted by Gasteiger charge is 2.29. The molecule has 0 aliphatic rings.